The summed E-state index contributed by atoms with van der Waals surface area (Å²) in [7, 11) is 1.86. The number of carbonyl (C=O) groups is 1. The zero-order valence-corrected chi connectivity index (χ0v) is 19.9. The van der Waals surface area contributed by atoms with E-state index in [0.29, 0.717) is 16.9 Å². The number of hydrogen-bond donors (Lipinski definition) is 1. The van der Waals surface area contributed by atoms with Crippen molar-refractivity contribution in [3.63, 3.8) is 0 Å². The zero-order valence-electron chi connectivity index (χ0n) is 19.9. The van der Waals surface area contributed by atoms with Gasteiger partial charge in [0.1, 0.15) is 0 Å². The molecule has 0 fully saturated rings. The summed E-state index contributed by atoms with van der Waals surface area (Å²) in [6, 6.07) is 13.7. The lowest BCUT2D eigenvalue weighted by Gasteiger charge is -2.16. The van der Waals surface area contributed by atoms with Gasteiger partial charge in [-0.1, -0.05) is 18.2 Å². The number of fused-ring (bicyclic) bond motifs is 2. The van der Waals surface area contributed by atoms with Crippen molar-refractivity contribution in [2.45, 2.75) is 13.0 Å². The first-order chi connectivity index (χ1) is 17.9. The van der Waals surface area contributed by atoms with Gasteiger partial charge in [0.05, 0.1) is 35.2 Å². The molecule has 0 saturated carbocycles. The highest BCUT2D eigenvalue weighted by molar-refractivity contribution is 5.88. The van der Waals surface area contributed by atoms with Crippen LogP contribution in [0, 0.1) is 6.08 Å². The Hall–Kier alpha value is -4.99. The summed E-state index contributed by atoms with van der Waals surface area (Å²) in [6.07, 6.45) is 6.33. The van der Waals surface area contributed by atoms with Crippen LogP contribution in [0.3, 0.4) is 0 Å². The first kappa shape index (κ1) is 22.5. The largest absolute Gasteiger partial charge is 0.478 e. The van der Waals surface area contributed by atoms with E-state index in [1.807, 2.05) is 50.6 Å². The number of pyridine rings is 1. The van der Waals surface area contributed by atoms with Crippen molar-refractivity contribution in [3.8, 4) is 22.4 Å². The highest BCUT2D eigenvalue weighted by Gasteiger charge is 2.21. The van der Waals surface area contributed by atoms with Crippen molar-refractivity contribution in [1.82, 2.24) is 34.3 Å². The van der Waals surface area contributed by atoms with Gasteiger partial charge in [0, 0.05) is 41.5 Å². The normalized spacial score (nSPS) is 12.3. The van der Waals surface area contributed by atoms with Gasteiger partial charge in [-0.05, 0) is 42.8 Å². The number of carboxylic acids is 1. The van der Waals surface area contributed by atoms with Gasteiger partial charge in [-0.3, -0.25) is 14.2 Å². The standard InChI is InChI=1S/C27H20FN7O2/c1-15(18-7-8-22-19(9-18)10-20(11-29-22)21-12-31-34(2)14-21)35-25-24(33-27(35)28)30-13-23(32-25)16-3-5-17(6-4-16)26(36)37/h3-15H,1-2H3,(H,36,37). The molecule has 0 spiro atoms. The molecule has 2 aromatic carbocycles. The molecule has 0 radical (unpaired) electrons. The van der Waals surface area contributed by atoms with Crippen LogP contribution < -0.4 is 0 Å². The summed E-state index contributed by atoms with van der Waals surface area (Å²) in [6.45, 7) is 1.87. The molecule has 0 aliphatic rings. The summed E-state index contributed by atoms with van der Waals surface area (Å²) >= 11 is 0. The molecule has 6 rings (SSSR count). The lowest BCUT2D eigenvalue weighted by Crippen LogP contribution is -2.10. The molecule has 1 unspecified atom stereocenters. The van der Waals surface area contributed by atoms with E-state index >= 15 is 4.39 Å². The van der Waals surface area contributed by atoms with Gasteiger partial charge in [-0.2, -0.15) is 14.5 Å². The maximum atomic E-state index is 15.1. The Morgan fingerprint density at radius 2 is 1.76 bits per heavy atom. The Labute approximate surface area is 209 Å². The van der Waals surface area contributed by atoms with Crippen LogP contribution in [0.4, 0.5) is 4.39 Å². The molecule has 0 amide bonds. The van der Waals surface area contributed by atoms with E-state index in [0.717, 1.165) is 27.6 Å². The fourth-order valence-corrected chi connectivity index (χ4v) is 4.40. The van der Waals surface area contributed by atoms with Gasteiger partial charge in [-0.15, -0.1) is 0 Å². The van der Waals surface area contributed by atoms with Crippen LogP contribution >= 0.6 is 0 Å². The van der Waals surface area contributed by atoms with Crippen molar-refractivity contribution in [1.29, 1.82) is 0 Å². The second kappa shape index (κ2) is 8.59. The van der Waals surface area contributed by atoms with Crippen LogP contribution in [0.25, 0.3) is 44.6 Å². The summed E-state index contributed by atoms with van der Waals surface area (Å²) in [5.74, 6) is -1.01. The van der Waals surface area contributed by atoms with Crippen molar-refractivity contribution in [3.05, 3.63) is 90.5 Å². The lowest BCUT2D eigenvalue weighted by molar-refractivity contribution is 0.0697. The first-order valence-corrected chi connectivity index (χ1v) is 11.5. The fraction of sp³-hybridized carbons (Fsp3) is 0.111. The first-order valence-electron chi connectivity index (χ1n) is 11.5. The third kappa shape index (κ3) is 3.98. The highest BCUT2D eigenvalue weighted by atomic mass is 19.1. The molecule has 0 bridgehead atoms. The Morgan fingerprint density at radius 3 is 2.49 bits per heavy atom. The van der Waals surface area contributed by atoms with Gasteiger partial charge in [0.2, 0.25) is 0 Å². The predicted octanol–water partition coefficient (Wildman–Crippen LogP) is 4.89. The van der Waals surface area contributed by atoms with Gasteiger partial charge >= 0.3 is 5.97 Å². The Kier molecular flexibility index (Phi) is 5.22. The van der Waals surface area contributed by atoms with Crippen molar-refractivity contribution < 1.29 is 14.3 Å². The molecule has 37 heavy (non-hydrogen) atoms. The second-order valence-corrected chi connectivity index (χ2v) is 8.79. The summed E-state index contributed by atoms with van der Waals surface area (Å²) < 4.78 is 18.3. The molecule has 0 saturated heterocycles. The quantitative estimate of drug-likeness (QED) is 0.364. The molecule has 1 N–H and O–H groups in total. The van der Waals surface area contributed by atoms with E-state index in [9.17, 15) is 4.79 Å². The summed E-state index contributed by atoms with van der Waals surface area (Å²) in [5, 5.41) is 14.3. The summed E-state index contributed by atoms with van der Waals surface area (Å²) in [5.41, 5.74) is 5.39. The van der Waals surface area contributed by atoms with Gasteiger partial charge in [0.25, 0.3) is 6.08 Å². The molecule has 0 aliphatic carbocycles. The van der Waals surface area contributed by atoms with Crippen LogP contribution in [0.5, 0.6) is 0 Å². The zero-order chi connectivity index (χ0) is 25.7. The number of halogens is 1. The number of aromatic carboxylic acids is 1. The maximum absolute atomic E-state index is 15.1. The van der Waals surface area contributed by atoms with E-state index < -0.39 is 18.1 Å². The Bertz CT molecular complexity index is 1810. The molecule has 1 atom stereocenters. The molecule has 9 nitrogen and oxygen atoms in total. The topological polar surface area (TPSA) is 112 Å². The molecule has 10 heteroatoms. The van der Waals surface area contributed by atoms with Crippen molar-refractivity contribution in [2.75, 3.05) is 0 Å². The van der Waals surface area contributed by atoms with E-state index in [2.05, 4.69) is 25.0 Å². The molecule has 4 heterocycles. The highest BCUT2D eigenvalue weighted by Crippen LogP contribution is 2.29. The lowest BCUT2D eigenvalue weighted by atomic mass is 10.0. The van der Waals surface area contributed by atoms with Gasteiger partial charge < -0.3 is 5.11 Å². The van der Waals surface area contributed by atoms with Crippen LogP contribution in [0.1, 0.15) is 28.9 Å². The van der Waals surface area contributed by atoms with E-state index in [1.54, 1.807) is 23.0 Å². The number of benzene rings is 2. The van der Waals surface area contributed by atoms with E-state index in [4.69, 9.17) is 5.11 Å². The number of aryl methyl sites for hydroxylation is 1. The number of nitrogens with zero attached hydrogens (tertiary/aromatic N) is 7. The predicted molar refractivity (Wildman–Crippen MR) is 135 cm³/mol. The van der Waals surface area contributed by atoms with Gasteiger partial charge in [0.15, 0.2) is 11.3 Å². The number of carboxylic acid groups (broad SMARTS) is 1. The fourth-order valence-electron chi connectivity index (χ4n) is 4.40. The minimum Gasteiger partial charge on any atom is -0.478 e. The van der Waals surface area contributed by atoms with Crippen LogP contribution in [-0.2, 0) is 7.05 Å². The minimum atomic E-state index is -1.01. The second-order valence-electron chi connectivity index (χ2n) is 8.79. The Morgan fingerprint density at radius 1 is 0.946 bits per heavy atom. The average molecular weight is 494 g/mol. The van der Waals surface area contributed by atoms with Crippen molar-refractivity contribution in [2.24, 2.45) is 7.05 Å². The number of imidazole rings is 1. The molecular weight excluding hydrogens is 473 g/mol. The molecule has 0 aliphatic heterocycles. The Balaban J connectivity index is 1.40. The minimum absolute atomic E-state index is 0.167. The number of hydrogen-bond acceptors (Lipinski definition) is 6. The number of rotatable bonds is 5. The molecule has 182 valence electrons. The molecular formula is C27H20FN7O2. The van der Waals surface area contributed by atoms with Crippen LogP contribution in [0.15, 0.2) is 73.3 Å². The summed E-state index contributed by atoms with van der Waals surface area (Å²) in [4.78, 5) is 28.6. The van der Waals surface area contributed by atoms with E-state index in [1.165, 1.54) is 22.9 Å². The van der Waals surface area contributed by atoms with E-state index in [-0.39, 0.29) is 11.2 Å². The molecule has 4 aromatic heterocycles. The molecule has 6 aromatic rings. The number of aromatic nitrogens is 7. The van der Waals surface area contributed by atoms with Crippen molar-refractivity contribution >= 4 is 28.2 Å². The monoisotopic (exact) mass is 493 g/mol. The van der Waals surface area contributed by atoms with Crippen LogP contribution in [-0.4, -0.2) is 45.4 Å². The van der Waals surface area contributed by atoms with Gasteiger partial charge in [-0.25, -0.2) is 14.8 Å². The smallest absolute Gasteiger partial charge is 0.335 e. The van der Waals surface area contributed by atoms with Crippen LogP contribution in [0.2, 0.25) is 0 Å². The SMILES string of the molecule is CC(c1ccc2ncc(-c3cnn(C)c3)cc2c1)n1c(F)nc2ncc(-c3ccc(C(=O)O)cc3)nc21. The third-order valence-electron chi connectivity index (χ3n) is 6.40. The average Bonchev–Trinajstić information content (AvgIpc) is 3.49. The maximum Gasteiger partial charge on any atom is 0.335 e. The third-order valence-corrected chi connectivity index (χ3v) is 6.40.